The summed E-state index contributed by atoms with van der Waals surface area (Å²) < 4.78 is 18.6. The number of ether oxygens (including phenoxy) is 1. The first kappa shape index (κ1) is 15.3. The van der Waals surface area contributed by atoms with Crippen LogP contribution >= 0.6 is 23.2 Å². The minimum absolute atomic E-state index is 0.0194. The number of hydrogen-bond donors (Lipinski definition) is 0. The second kappa shape index (κ2) is 6.57. The maximum absolute atomic E-state index is 13.4. The van der Waals surface area contributed by atoms with Crippen LogP contribution in [0.25, 0.3) is 0 Å². The van der Waals surface area contributed by atoms with E-state index in [4.69, 9.17) is 33.2 Å². The molecule has 0 aliphatic rings. The number of nitrogens with zero attached hydrogens (tertiary/aromatic N) is 1. The molecule has 0 atom stereocenters. The first-order chi connectivity index (χ1) is 10.0. The Labute approximate surface area is 130 Å². The van der Waals surface area contributed by atoms with Crippen molar-refractivity contribution in [2.24, 2.45) is 0 Å². The third kappa shape index (κ3) is 3.52. The van der Waals surface area contributed by atoms with Crippen molar-refractivity contribution >= 4 is 29.0 Å². The van der Waals surface area contributed by atoms with Gasteiger partial charge in [0.2, 0.25) is 0 Å². The number of nitriles is 1. The lowest BCUT2D eigenvalue weighted by Gasteiger charge is -2.08. The van der Waals surface area contributed by atoms with Gasteiger partial charge in [0, 0.05) is 5.56 Å². The molecule has 2 aromatic rings. The first-order valence-corrected chi connectivity index (χ1v) is 6.58. The van der Waals surface area contributed by atoms with Crippen LogP contribution in [0.5, 0.6) is 5.75 Å². The molecule has 0 aliphatic carbocycles. The van der Waals surface area contributed by atoms with E-state index < -0.39 is 5.82 Å². The van der Waals surface area contributed by atoms with Gasteiger partial charge in [0.1, 0.15) is 23.2 Å². The van der Waals surface area contributed by atoms with Gasteiger partial charge in [-0.05, 0) is 30.3 Å². The van der Waals surface area contributed by atoms with Crippen molar-refractivity contribution in [3.05, 3.63) is 63.4 Å². The molecule has 0 N–H and O–H groups in total. The quantitative estimate of drug-likeness (QED) is 0.789. The molecule has 0 amide bonds. The van der Waals surface area contributed by atoms with Crippen molar-refractivity contribution in [1.82, 2.24) is 0 Å². The zero-order valence-electron chi connectivity index (χ0n) is 10.6. The average molecular weight is 324 g/mol. The number of ketones is 1. The van der Waals surface area contributed by atoms with Crippen LogP contribution in [-0.2, 0) is 0 Å². The van der Waals surface area contributed by atoms with E-state index in [1.54, 1.807) is 6.07 Å². The van der Waals surface area contributed by atoms with Crippen LogP contribution in [0, 0.1) is 17.1 Å². The van der Waals surface area contributed by atoms with Crippen molar-refractivity contribution in [3.8, 4) is 11.8 Å². The molecule has 106 valence electrons. The van der Waals surface area contributed by atoms with Gasteiger partial charge in [0.15, 0.2) is 12.4 Å². The van der Waals surface area contributed by atoms with Gasteiger partial charge in [0.25, 0.3) is 0 Å². The number of benzene rings is 2. The fraction of sp³-hybridized carbons (Fsp3) is 0.0667. The topological polar surface area (TPSA) is 50.1 Å². The van der Waals surface area contributed by atoms with E-state index in [-0.39, 0.29) is 28.7 Å². The number of rotatable bonds is 4. The molecule has 0 aromatic heterocycles. The molecule has 0 aliphatic heterocycles. The van der Waals surface area contributed by atoms with Gasteiger partial charge >= 0.3 is 0 Å². The third-order valence-electron chi connectivity index (χ3n) is 2.69. The molecule has 3 nitrogen and oxygen atoms in total. The zero-order chi connectivity index (χ0) is 15.4. The summed E-state index contributed by atoms with van der Waals surface area (Å²) in [6, 6.07) is 10.1. The third-order valence-corrected chi connectivity index (χ3v) is 3.43. The highest BCUT2D eigenvalue weighted by Gasteiger charge is 2.13. The Balaban J connectivity index is 2.13. The average Bonchev–Trinajstić information content (AvgIpc) is 2.47. The number of carbonyl (C=O) groups is 1. The number of halogens is 3. The minimum atomic E-state index is -0.697. The number of carbonyl (C=O) groups excluding carboxylic acids is 1. The van der Waals surface area contributed by atoms with Crippen molar-refractivity contribution < 1.29 is 13.9 Å². The summed E-state index contributed by atoms with van der Waals surface area (Å²) in [4.78, 5) is 12.0. The molecular weight excluding hydrogens is 316 g/mol. The predicted octanol–water partition coefficient (Wildman–Crippen LogP) is 4.27. The number of Topliss-reactive ketones (excluding diaryl/α,β-unsaturated/α-hetero) is 1. The van der Waals surface area contributed by atoms with Crippen molar-refractivity contribution in [2.75, 3.05) is 6.61 Å². The van der Waals surface area contributed by atoms with Gasteiger partial charge in [-0.2, -0.15) is 5.26 Å². The summed E-state index contributed by atoms with van der Waals surface area (Å²) >= 11 is 11.6. The summed E-state index contributed by atoms with van der Waals surface area (Å²) in [5, 5.41) is 9.46. The molecule has 0 spiro atoms. The summed E-state index contributed by atoms with van der Waals surface area (Å²) in [5.74, 6) is -1.04. The normalized spacial score (nSPS) is 10.0. The molecule has 0 radical (unpaired) electrons. The van der Waals surface area contributed by atoms with Gasteiger partial charge < -0.3 is 4.74 Å². The van der Waals surface area contributed by atoms with Crippen LogP contribution in [-0.4, -0.2) is 12.4 Å². The standard InChI is InChI=1S/C15H8Cl2FNO2/c16-11-5-4-9(6-12(11)17)14(20)8-21-15-3-1-2-13(18)10(15)7-19/h1-6H,8H2. The van der Waals surface area contributed by atoms with E-state index in [9.17, 15) is 9.18 Å². The summed E-state index contributed by atoms with van der Waals surface area (Å²) in [7, 11) is 0. The lowest BCUT2D eigenvalue weighted by atomic mass is 10.1. The molecule has 2 aromatic carbocycles. The highest BCUT2D eigenvalue weighted by Crippen LogP contribution is 2.24. The molecule has 0 bridgehead atoms. The van der Waals surface area contributed by atoms with Crippen molar-refractivity contribution in [2.45, 2.75) is 0 Å². The Morgan fingerprint density at radius 2 is 2.00 bits per heavy atom. The van der Waals surface area contributed by atoms with Crippen LogP contribution < -0.4 is 4.74 Å². The van der Waals surface area contributed by atoms with E-state index in [2.05, 4.69) is 0 Å². The van der Waals surface area contributed by atoms with E-state index in [1.165, 1.54) is 30.3 Å². The van der Waals surface area contributed by atoms with E-state index in [1.807, 2.05) is 0 Å². The molecule has 0 heterocycles. The van der Waals surface area contributed by atoms with Crippen LogP contribution in [0.4, 0.5) is 4.39 Å². The van der Waals surface area contributed by atoms with Crippen LogP contribution in [0.2, 0.25) is 10.0 Å². The molecule has 2 rings (SSSR count). The maximum atomic E-state index is 13.4. The van der Waals surface area contributed by atoms with Crippen LogP contribution in [0.15, 0.2) is 36.4 Å². The second-order valence-corrected chi connectivity index (χ2v) is 4.88. The van der Waals surface area contributed by atoms with Crippen LogP contribution in [0.1, 0.15) is 15.9 Å². The molecule has 21 heavy (non-hydrogen) atoms. The Morgan fingerprint density at radius 1 is 1.24 bits per heavy atom. The summed E-state index contributed by atoms with van der Waals surface area (Å²) in [6.45, 7) is -0.337. The lowest BCUT2D eigenvalue weighted by molar-refractivity contribution is 0.0921. The van der Waals surface area contributed by atoms with E-state index in [0.29, 0.717) is 10.6 Å². The highest BCUT2D eigenvalue weighted by atomic mass is 35.5. The van der Waals surface area contributed by atoms with Gasteiger partial charge in [-0.1, -0.05) is 29.3 Å². The molecular formula is C15H8Cl2FNO2. The molecule has 0 fully saturated rings. The lowest BCUT2D eigenvalue weighted by Crippen LogP contribution is -2.12. The smallest absolute Gasteiger partial charge is 0.200 e. The van der Waals surface area contributed by atoms with E-state index >= 15 is 0 Å². The Bertz CT molecular complexity index is 741. The fourth-order valence-corrected chi connectivity index (χ4v) is 1.93. The van der Waals surface area contributed by atoms with E-state index in [0.717, 1.165) is 6.07 Å². The maximum Gasteiger partial charge on any atom is 0.200 e. The monoisotopic (exact) mass is 323 g/mol. The Morgan fingerprint density at radius 3 is 2.67 bits per heavy atom. The predicted molar refractivity (Wildman–Crippen MR) is 77.4 cm³/mol. The second-order valence-electron chi connectivity index (χ2n) is 4.07. The molecule has 0 saturated heterocycles. The largest absolute Gasteiger partial charge is 0.484 e. The Hall–Kier alpha value is -2.09. The molecule has 0 saturated carbocycles. The van der Waals surface area contributed by atoms with Gasteiger partial charge in [-0.25, -0.2) is 4.39 Å². The van der Waals surface area contributed by atoms with Gasteiger partial charge in [-0.15, -0.1) is 0 Å². The van der Waals surface area contributed by atoms with Gasteiger partial charge in [-0.3, -0.25) is 4.79 Å². The summed E-state index contributed by atoms with van der Waals surface area (Å²) in [5.41, 5.74) is 0.0822. The SMILES string of the molecule is N#Cc1c(F)cccc1OCC(=O)c1ccc(Cl)c(Cl)c1. The fourth-order valence-electron chi connectivity index (χ4n) is 1.63. The van der Waals surface area contributed by atoms with Crippen molar-refractivity contribution in [1.29, 1.82) is 5.26 Å². The first-order valence-electron chi connectivity index (χ1n) is 5.82. The summed E-state index contributed by atoms with van der Waals surface area (Å²) in [6.07, 6.45) is 0. The minimum Gasteiger partial charge on any atom is -0.484 e. The van der Waals surface area contributed by atoms with Crippen LogP contribution in [0.3, 0.4) is 0 Å². The molecule has 0 unspecified atom stereocenters. The zero-order valence-corrected chi connectivity index (χ0v) is 12.1. The Kier molecular flexibility index (Phi) is 4.79. The molecule has 6 heteroatoms. The van der Waals surface area contributed by atoms with Crippen molar-refractivity contribution in [3.63, 3.8) is 0 Å². The van der Waals surface area contributed by atoms with Gasteiger partial charge in [0.05, 0.1) is 10.0 Å². The number of hydrogen-bond acceptors (Lipinski definition) is 3. The highest BCUT2D eigenvalue weighted by molar-refractivity contribution is 6.42.